The second-order valence-electron chi connectivity index (χ2n) is 18.5. The van der Waals surface area contributed by atoms with Crippen LogP contribution in [0.1, 0.15) is 89.4 Å². The highest BCUT2D eigenvalue weighted by molar-refractivity contribution is 6.09. The van der Waals surface area contributed by atoms with Crippen LogP contribution in [0.3, 0.4) is 0 Å². The third-order valence-electron chi connectivity index (χ3n) is 11.0. The number of rotatable bonds is 21. The van der Waals surface area contributed by atoms with Crippen molar-refractivity contribution in [2.75, 3.05) is 0 Å². The van der Waals surface area contributed by atoms with Gasteiger partial charge in [-0.25, -0.2) is 0 Å². The Morgan fingerprint density at radius 3 is 1.50 bits per heavy atom. The molecule has 0 aliphatic heterocycles. The summed E-state index contributed by atoms with van der Waals surface area (Å²) in [5.41, 5.74) is 3.20. The summed E-state index contributed by atoms with van der Waals surface area (Å²) in [4.78, 5) is 119. The van der Waals surface area contributed by atoms with Crippen LogP contribution in [0.2, 0.25) is 0 Å². The molecule has 0 saturated carbocycles. The summed E-state index contributed by atoms with van der Waals surface area (Å²) in [5.74, 6) is -6.83. The molecule has 4 aromatic rings. The fraction of sp³-hybridized carbons (Fsp3) is 0.380. The smallest absolute Gasteiger partial charge is 0.325 e. The Labute approximate surface area is 395 Å². The van der Waals surface area contributed by atoms with Gasteiger partial charge in [-0.1, -0.05) is 97.1 Å². The molecule has 0 bridgehead atoms. The number of aliphatic carboxylic acids is 1. The number of carbonyl (C=O) groups excluding carboxylic acids is 8. The number of nitrogens with two attached hydrogens (primary N) is 1. The van der Waals surface area contributed by atoms with Crippen molar-refractivity contribution in [3.63, 3.8) is 0 Å². The van der Waals surface area contributed by atoms with E-state index in [1.165, 1.54) is 62.3 Å². The van der Waals surface area contributed by atoms with E-state index >= 15 is 0 Å². The number of nitrogens with one attached hydrogen (secondary N) is 7. The van der Waals surface area contributed by atoms with Crippen LogP contribution in [0.25, 0.3) is 10.8 Å². The average Bonchev–Trinajstić information content (AvgIpc) is 3.27. The minimum atomic E-state index is -1.76. The Bertz CT molecular complexity index is 2540. The normalized spacial score (nSPS) is 13.9. The monoisotopic (exact) mass is 934 g/mol. The van der Waals surface area contributed by atoms with Gasteiger partial charge in [0.05, 0.1) is 5.54 Å². The second-order valence-corrected chi connectivity index (χ2v) is 18.5. The summed E-state index contributed by atoms with van der Waals surface area (Å²) in [7, 11) is 0. The highest BCUT2D eigenvalue weighted by Crippen LogP contribution is 2.19. The highest BCUT2D eigenvalue weighted by atomic mass is 16.4. The molecule has 0 saturated heterocycles. The van der Waals surface area contributed by atoms with Crippen LogP contribution in [-0.2, 0) is 51.2 Å². The van der Waals surface area contributed by atoms with Crippen molar-refractivity contribution in [3.8, 4) is 0 Å². The molecule has 0 aliphatic rings. The van der Waals surface area contributed by atoms with E-state index in [1.54, 1.807) is 60.7 Å². The quantitative estimate of drug-likeness (QED) is 0.0545. The largest absolute Gasteiger partial charge is 0.480 e. The predicted molar refractivity (Wildman–Crippen MR) is 255 cm³/mol. The average molecular weight is 935 g/mol. The standard InChI is InChI=1S/C50H62N8O10/c1-28(40(60)53-30(3)44(64)65)52-42(62)37(26-31-19-23-35(24-20-31)39(59)34-16-11-10-12-17-34)55-47(68)50(8,9)58-43(63)38(27-32-21-22-33-15-13-14-18-36(33)25-32)56-46(67)49(6,7)57-41(61)29(2)54-45(66)48(4,5)51/h10-25,28-30,37-38H,26-27,51H2,1-9H3,(H,52,62)(H,53,60)(H,54,66)(H,55,68)(H,56,67)(H,57,61)(H,58,63)(H,64,65)/t28-,29?,30?,37?,38?/m1/s1. The van der Waals surface area contributed by atoms with Crippen LogP contribution in [-0.4, -0.2) is 105 Å². The molecule has 0 aromatic heterocycles. The lowest BCUT2D eigenvalue weighted by atomic mass is 9.96. The van der Waals surface area contributed by atoms with Crippen molar-refractivity contribution in [1.29, 1.82) is 0 Å². The molecule has 5 atom stereocenters. The lowest BCUT2D eigenvalue weighted by Crippen LogP contribution is -2.65. The summed E-state index contributed by atoms with van der Waals surface area (Å²) < 4.78 is 0. The zero-order valence-electron chi connectivity index (χ0n) is 39.7. The van der Waals surface area contributed by atoms with Gasteiger partial charge in [0.25, 0.3) is 0 Å². The summed E-state index contributed by atoms with van der Waals surface area (Å²) in [6.07, 6.45) is -0.203. The SMILES string of the molecule is CC(NC(=O)[C@@H](C)NC(=O)C(Cc1ccc(C(=O)c2ccccc2)cc1)NC(=O)C(C)(C)NC(=O)C(Cc1ccc2ccccc2c1)NC(=O)C(C)(C)NC(=O)C(C)NC(=O)C(C)(C)N)C(=O)O. The molecule has 18 heteroatoms. The lowest BCUT2D eigenvalue weighted by Gasteiger charge is -2.32. The zero-order chi connectivity index (χ0) is 50.7. The fourth-order valence-electron chi connectivity index (χ4n) is 6.63. The molecule has 68 heavy (non-hydrogen) atoms. The molecule has 18 nitrogen and oxygen atoms in total. The van der Waals surface area contributed by atoms with Crippen molar-refractivity contribution in [3.05, 3.63) is 119 Å². The summed E-state index contributed by atoms with van der Waals surface area (Å²) in [6, 6.07) is 21.8. The molecule has 0 heterocycles. The number of amides is 7. The first kappa shape index (κ1) is 53.1. The van der Waals surface area contributed by atoms with Gasteiger partial charge >= 0.3 is 5.97 Å². The van der Waals surface area contributed by atoms with E-state index in [0.717, 1.165) is 10.8 Å². The van der Waals surface area contributed by atoms with Crippen LogP contribution in [0.15, 0.2) is 97.1 Å². The number of hydrogen-bond acceptors (Lipinski definition) is 10. The molecule has 362 valence electrons. The van der Waals surface area contributed by atoms with Crippen molar-refractivity contribution < 1.29 is 48.3 Å². The van der Waals surface area contributed by atoms with Crippen LogP contribution < -0.4 is 43.0 Å². The van der Waals surface area contributed by atoms with E-state index < -0.39 is 94.1 Å². The van der Waals surface area contributed by atoms with E-state index in [1.807, 2.05) is 36.4 Å². The topological polar surface area (TPSA) is 284 Å². The number of fused-ring (bicyclic) bond motifs is 1. The van der Waals surface area contributed by atoms with E-state index in [4.69, 9.17) is 5.73 Å². The first-order chi connectivity index (χ1) is 31.7. The van der Waals surface area contributed by atoms with Crippen molar-refractivity contribution >= 4 is 63.9 Å². The first-order valence-corrected chi connectivity index (χ1v) is 22.0. The van der Waals surface area contributed by atoms with Crippen LogP contribution in [0.5, 0.6) is 0 Å². The minimum Gasteiger partial charge on any atom is -0.480 e. The number of benzene rings is 4. The van der Waals surface area contributed by atoms with Gasteiger partial charge in [-0.15, -0.1) is 0 Å². The van der Waals surface area contributed by atoms with Crippen molar-refractivity contribution in [2.24, 2.45) is 5.73 Å². The number of ketones is 1. The third kappa shape index (κ3) is 14.8. The van der Waals surface area contributed by atoms with Gasteiger partial charge in [-0.3, -0.25) is 43.2 Å². The number of hydrogen-bond donors (Lipinski definition) is 9. The molecule has 4 unspecified atom stereocenters. The van der Waals surface area contributed by atoms with E-state index in [9.17, 15) is 48.3 Å². The molecule has 0 spiro atoms. The summed E-state index contributed by atoms with van der Waals surface area (Å²) in [5, 5.41) is 29.1. The third-order valence-corrected chi connectivity index (χ3v) is 11.0. The van der Waals surface area contributed by atoms with Gasteiger partial charge < -0.3 is 48.1 Å². The number of carboxylic acid groups (broad SMARTS) is 1. The Morgan fingerprint density at radius 1 is 0.485 bits per heavy atom. The van der Waals surface area contributed by atoms with Gasteiger partial charge in [0.1, 0.15) is 41.3 Å². The Balaban J connectivity index is 1.59. The first-order valence-electron chi connectivity index (χ1n) is 22.0. The highest BCUT2D eigenvalue weighted by Gasteiger charge is 2.39. The number of carboxylic acids is 1. The summed E-state index contributed by atoms with van der Waals surface area (Å²) in [6.45, 7) is 12.6. The Kier molecular flexibility index (Phi) is 17.5. The van der Waals surface area contributed by atoms with Gasteiger partial charge in [-0.2, -0.15) is 0 Å². The molecule has 0 radical (unpaired) electrons. The zero-order valence-corrected chi connectivity index (χ0v) is 39.7. The van der Waals surface area contributed by atoms with Gasteiger partial charge in [0.15, 0.2) is 5.78 Å². The van der Waals surface area contributed by atoms with Gasteiger partial charge in [0, 0.05) is 24.0 Å². The maximum Gasteiger partial charge on any atom is 0.325 e. The minimum absolute atomic E-state index is 0.0591. The molecule has 4 rings (SSSR count). The number of carbonyl (C=O) groups is 9. The van der Waals surface area contributed by atoms with E-state index in [0.29, 0.717) is 22.3 Å². The van der Waals surface area contributed by atoms with Crippen LogP contribution in [0, 0.1) is 0 Å². The molecule has 0 aliphatic carbocycles. The van der Waals surface area contributed by atoms with Crippen molar-refractivity contribution in [2.45, 2.75) is 122 Å². The summed E-state index contributed by atoms with van der Waals surface area (Å²) >= 11 is 0. The van der Waals surface area contributed by atoms with Crippen molar-refractivity contribution in [1.82, 2.24) is 37.2 Å². The molecular weight excluding hydrogens is 873 g/mol. The predicted octanol–water partition coefficient (Wildman–Crippen LogP) is 1.95. The Hall–Kier alpha value is -7.47. The fourth-order valence-corrected chi connectivity index (χ4v) is 6.63. The molecule has 7 amide bonds. The van der Waals surface area contributed by atoms with Crippen LogP contribution >= 0.6 is 0 Å². The lowest BCUT2D eigenvalue weighted by molar-refractivity contribution is -0.141. The van der Waals surface area contributed by atoms with E-state index in [-0.39, 0.29) is 18.6 Å². The maximum absolute atomic E-state index is 14.4. The molecule has 10 N–H and O–H groups in total. The second kappa shape index (κ2) is 22.3. The van der Waals surface area contributed by atoms with Crippen LogP contribution in [0.4, 0.5) is 0 Å². The van der Waals surface area contributed by atoms with E-state index in [2.05, 4.69) is 37.2 Å². The molecule has 4 aromatic carbocycles. The van der Waals surface area contributed by atoms with Gasteiger partial charge in [-0.05, 0) is 84.2 Å². The maximum atomic E-state index is 14.4. The molecule has 0 fully saturated rings. The molecular formula is C50H62N8O10. The Morgan fingerprint density at radius 2 is 0.941 bits per heavy atom. The van der Waals surface area contributed by atoms with Gasteiger partial charge in [0.2, 0.25) is 41.4 Å².